The number of carbonyl (C=O) groups is 2. The number of phenols is 4. The molecule has 0 bridgehead atoms. The van der Waals surface area contributed by atoms with Gasteiger partial charge in [0, 0.05) is 23.6 Å². The number of rotatable bonds is 3. The first-order valence-corrected chi connectivity index (χ1v) is 14.6. The predicted molar refractivity (Wildman–Crippen MR) is 183 cm³/mol. The van der Waals surface area contributed by atoms with E-state index in [4.69, 9.17) is 30.0 Å². The van der Waals surface area contributed by atoms with Crippen molar-refractivity contribution in [1.82, 2.24) is 0 Å². The van der Waals surface area contributed by atoms with Gasteiger partial charge in [0.05, 0.1) is 5.60 Å². The van der Waals surface area contributed by atoms with Crippen LogP contribution in [0.1, 0.15) is 76.0 Å². The van der Waals surface area contributed by atoms with Gasteiger partial charge in [0.1, 0.15) is 23.0 Å². The third-order valence-corrected chi connectivity index (χ3v) is 7.58. The zero-order valence-corrected chi connectivity index (χ0v) is 28.0. The minimum Gasteiger partial charge on any atom is -0.508 e. The molecule has 0 heterocycles. The van der Waals surface area contributed by atoms with Crippen LogP contribution in [0.15, 0.2) is 78.4 Å². The highest BCUT2D eigenvalue weighted by Crippen LogP contribution is 2.44. The van der Waals surface area contributed by atoms with Gasteiger partial charge in [-0.05, 0) is 108 Å². The Kier molecular flexibility index (Phi) is 18.8. The van der Waals surface area contributed by atoms with E-state index in [2.05, 4.69) is 39.2 Å². The highest BCUT2D eigenvalue weighted by atomic mass is 16.4. The second kappa shape index (κ2) is 19.8. The monoisotopic (exact) mass is 660 g/mol. The summed E-state index contributed by atoms with van der Waals surface area (Å²) < 4.78 is 0. The number of aliphatic hydroxyl groups is 1. The van der Waals surface area contributed by atoms with E-state index in [1.807, 2.05) is 26.8 Å². The van der Waals surface area contributed by atoms with Crippen molar-refractivity contribution in [2.24, 2.45) is 11.8 Å². The van der Waals surface area contributed by atoms with Crippen molar-refractivity contribution in [3.8, 4) is 23.0 Å². The van der Waals surface area contributed by atoms with Gasteiger partial charge in [0.2, 0.25) is 0 Å². The summed E-state index contributed by atoms with van der Waals surface area (Å²) in [4.78, 5) is 18.2. The number of aryl methyl sites for hydroxylation is 2. The first kappa shape index (κ1) is 44.5. The molecular weight excluding hydrogens is 608 g/mol. The summed E-state index contributed by atoms with van der Waals surface area (Å²) in [5.74, 6) is -2.15. The zero-order valence-electron chi connectivity index (χ0n) is 28.0. The molecule has 2 aliphatic carbocycles. The standard InChI is InChI=1S/C17H22O2.C10H16O.C7H8O2.C2H2O4.2H2O/c1-10(2)14-6-5-11(3)7-15(14)17-12(4)8-13(18)9-16(17)19;1-8(2)9-4-6-10(3,11)7-5-9;1-5-2-6(8)4-7(9)3-5;3-1(4)2(5)6;;/h7-9,14-15,18-19H,1,5-6H2,2-4H3;4,6,9,11H,1,5,7H2,2-3H3;2-4,8-9H,1H3;(H,3,4)(H,5,6);2*1H2/t14-,15?;9-,10+;;;;/m00..../s1. The Morgan fingerprint density at radius 1 is 0.809 bits per heavy atom. The molecule has 0 saturated heterocycles. The van der Waals surface area contributed by atoms with Crippen LogP contribution in [0.25, 0.3) is 0 Å². The third-order valence-electron chi connectivity index (χ3n) is 7.58. The minimum atomic E-state index is -1.82. The van der Waals surface area contributed by atoms with Gasteiger partial charge in [-0.3, -0.25) is 0 Å². The first-order valence-electron chi connectivity index (χ1n) is 14.6. The Morgan fingerprint density at radius 2 is 1.32 bits per heavy atom. The van der Waals surface area contributed by atoms with Crippen molar-refractivity contribution >= 4 is 11.9 Å². The fourth-order valence-electron chi connectivity index (χ4n) is 5.21. The highest BCUT2D eigenvalue weighted by Gasteiger charge is 2.29. The van der Waals surface area contributed by atoms with Crippen molar-refractivity contribution in [3.05, 3.63) is 95.1 Å². The summed E-state index contributed by atoms with van der Waals surface area (Å²) in [6, 6.07) is 7.60. The van der Waals surface area contributed by atoms with Crippen molar-refractivity contribution in [1.29, 1.82) is 0 Å². The number of aromatic hydroxyl groups is 4. The smallest absolute Gasteiger partial charge is 0.414 e. The number of benzene rings is 2. The molecule has 0 spiro atoms. The molecule has 2 aromatic carbocycles. The Hall–Kier alpha value is -4.58. The molecule has 2 aliphatic rings. The average Bonchev–Trinajstić information content (AvgIpc) is 2.88. The molecule has 4 atom stereocenters. The van der Waals surface area contributed by atoms with Gasteiger partial charge < -0.3 is 46.7 Å². The summed E-state index contributed by atoms with van der Waals surface area (Å²) in [7, 11) is 0. The van der Waals surface area contributed by atoms with Crippen LogP contribution in [0, 0.1) is 25.7 Å². The number of allylic oxidation sites excluding steroid dienone is 5. The van der Waals surface area contributed by atoms with Crippen LogP contribution in [-0.2, 0) is 9.59 Å². The zero-order chi connectivity index (χ0) is 34.6. The lowest BCUT2D eigenvalue weighted by Gasteiger charge is -2.32. The Balaban J connectivity index is 0. The summed E-state index contributed by atoms with van der Waals surface area (Å²) in [6.07, 6.45) is 10.2. The minimum absolute atomic E-state index is 0. The molecule has 262 valence electrons. The molecule has 4 rings (SSSR count). The van der Waals surface area contributed by atoms with Crippen molar-refractivity contribution in [2.45, 2.75) is 78.7 Å². The summed E-state index contributed by atoms with van der Waals surface area (Å²) in [5.41, 5.74) is 5.83. The van der Waals surface area contributed by atoms with Crippen molar-refractivity contribution < 1.29 is 56.3 Å². The van der Waals surface area contributed by atoms with Gasteiger partial charge >= 0.3 is 11.9 Å². The van der Waals surface area contributed by atoms with Gasteiger partial charge in [-0.25, -0.2) is 9.59 Å². The number of hydrogen-bond donors (Lipinski definition) is 7. The van der Waals surface area contributed by atoms with E-state index in [1.165, 1.54) is 23.3 Å². The van der Waals surface area contributed by atoms with Gasteiger partial charge in [0.25, 0.3) is 0 Å². The fourth-order valence-corrected chi connectivity index (χ4v) is 5.21. The van der Waals surface area contributed by atoms with E-state index < -0.39 is 17.5 Å². The lowest BCUT2D eigenvalue weighted by Crippen LogP contribution is -2.25. The molecular formula is C36H52O11. The number of phenolic OH excluding ortho intramolecular Hbond substituents is 4. The number of hydrogen-bond acceptors (Lipinski definition) is 7. The van der Waals surface area contributed by atoms with E-state index in [9.17, 15) is 15.3 Å². The molecule has 1 unspecified atom stereocenters. The van der Waals surface area contributed by atoms with Crippen molar-refractivity contribution in [2.75, 3.05) is 0 Å². The van der Waals surface area contributed by atoms with Crippen LogP contribution >= 0.6 is 0 Å². The van der Waals surface area contributed by atoms with E-state index >= 15 is 0 Å². The molecule has 0 aliphatic heterocycles. The van der Waals surface area contributed by atoms with E-state index in [1.54, 1.807) is 25.1 Å². The molecule has 0 aromatic heterocycles. The molecule has 0 radical (unpaired) electrons. The van der Waals surface area contributed by atoms with E-state index in [0.717, 1.165) is 47.9 Å². The lowest BCUT2D eigenvalue weighted by atomic mass is 9.73. The second-order valence-electron chi connectivity index (χ2n) is 12.1. The summed E-state index contributed by atoms with van der Waals surface area (Å²) in [6.45, 7) is 19.8. The first-order chi connectivity index (χ1) is 20.7. The van der Waals surface area contributed by atoms with Gasteiger partial charge in [0.15, 0.2) is 0 Å². The predicted octanol–water partition coefficient (Wildman–Crippen LogP) is 5.61. The van der Waals surface area contributed by atoms with Crippen LogP contribution in [0.5, 0.6) is 23.0 Å². The Morgan fingerprint density at radius 3 is 1.70 bits per heavy atom. The summed E-state index contributed by atoms with van der Waals surface area (Å²) >= 11 is 0. The van der Waals surface area contributed by atoms with Gasteiger partial charge in [-0.1, -0.05) is 48.1 Å². The van der Waals surface area contributed by atoms with E-state index in [-0.39, 0.29) is 39.9 Å². The SMILES string of the molecule is C=C(C)[C@@H]1CCC(C)=CC1c1c(C)cc(O)cc1O.C=C(C)[C@H]1C=C[C@@](C)(O)CC1.Cc1cc(O)cc(O)c1.O.O.O=C(O)C(=O)O. The van der Waals surface area contributed by atoms with Crippen LogP contribution in [0.3, 0.4) is 0 Å². The molecule has 0 amide bonds. The molecule has 47 heavy (non-hydrogen) atoms. The number of aliphatic carboxylic acids is 2. The molecule has 0 saturated carbocycles. The fraction of sp³-hybridized carbons (Fsp3) is 0.389. The van der Waals surface area contributed by atoms with Crippen LogP contribution in [0.4, 0.5) is 0 Å². The maximum Gasteiger partial charge on any atom is 0.414 e. The normalized spacial score (nSPS) is 20.7. The molecule has 11 nitrogen and oxygen atoms in total. The van der Waals surface area contributed by atoms with E-state index in [0.29, 0.717) is 11.8 Å². The van der Waals surface area contributed by atoms with Crippen LogP contribution in [-0.4, -0.2) is 64.2 Å². The number of carboxylic acids is 2. The molecule has 0 fully saturated rings. The maximum atomic E-state index is 10.2. The van der Waals surface area contributed by atoms with Gasteiger partial charge in [-0.2, -0.15) is 0 Å². The molecule has 2 aromatic rings. The van der Waals surface area contributed by atoms with Crippen LogP contribution < -0.4 is 0 Å². The van der Waals surface area contributed by atoms with Crippen LogP contribution in [0.2, 0.25) is 0 Å². The summed E-state index contributed by atoms with van der Waals surface area (Å²) in [5, 5.41) is 61.7. The Bertz CT molecular complexity index is 1350. The second-order valence-corrected chi connectivity index (χ2v) is 12.1. The largest absolute Gasteiger partial charge is 0.508 e. The lowest BCUT2D eigenvalue weighted by molar-refractivity contribution is -0.159. The average molecular weight is 661 g/mol. The topological polar surface area (TPSA) is 239 Å². The maximum absolute atomic E-state index is 10.2. The quantitative estimate of drug-likeness (QED) is 0.160. The van der Waals surface area contributed by atoms with Crippen molar-refractivity contribution in [3.63, 3.8) is 0 Å². The third kappa shape index (κ3) is 15.5. The Labute approximate surface area is 276 Å². The highest BCUT2D eigenvalue weighted by molar-refractivity contribution is 6.27. The number of carboxylic acid groups (broad SMARTS) is 2. The molecule has 11 N–H and O–H groups in total. The van der Waals surface area contributed by atoms with Gasteiger partial charge in [-0.15, -0.1) is 0 Å². The molecule has 11 heteroatoms.